The number of aryl methyl sites for hydroxylation is 1. The molecule has 1 aromatic rings. The van der Waals surface area contributed by atoms with Gasteiger partial charge in [-0.2, -0.15) is 0 Å². The second-order valence-electron chi connectivity index (χ2n) is 7.31. The van der Waals surface area contributed by atoms with Gasteiger partial charge in [0.25, 0.3) is 5.91 Å². The van der Waals surface area contributed by atoms with E-state index in [1.165, 1.54) is 0 Å². The van der Waals surface area contributed by atoms with Gasteiger partial charge < -0.3 is 15.1 Å². The van der Waals surface area contributed by atoms with Gasteiger partial charge in [0.1, 0.15) is 6.04 Å². The van der Waals surface area contributed by atoms with E-state index in [0.29, 0.717) is 12.1 Å². The molecule has 0 spiro atoms. The van der Waals surface area contributed by atoms with Crippen LogP contribution in [0.4, 0.5) is 5.69 Å². The number of nitrogens with zero attached hydrogens (tertiary/aromatic N) is 2. The first-order valence-electron chi connectivity index (χ1n) is 8.87. The number of rotatable bonds is 3. The summed E-state index contributed by atoms with van der Waals surface area (Å²) in [7, 11) is 0. The lowest BCUT2D eigenvalue weighted by atomic mass is 10.0. The zero-order valence-corrected chi connectivity index (χ0v) is 15.0. The quantitative estimate of drug-likeness (QED) is 0.927. The molecule has 24 heavy (non-hydrogen) atoms. The Hall–Kier alpha value is -2.04. The van der Waals surface area contributed by atoms with Gasteiger partial charge in [-0.1, -0.05) is 11.6 Å². The Morgan fingerprint density at radius 3 is 2.79 bits per heavy atom. The van der Waals surface area contributed by atoms with E-state index < -0.39 is 0 Å². The van der Waals surface area contributed by atoms with Crippen molar-refractivity contribution in [2.24, 2.45) is 0 Å². The van der Waals surface area contributed by atoms with Crippen LogP contribution in [0, 0.1) is 6.92 Å². The minimum Gasteiger partial charge on any atom is -0.382 e. The summed E-state index contributed by atoms with van der Waals surface area (Å²) in [6, 6.07) is 5.92. The molecule has 0 radical (unpaired) electrons. The minimum absolute atomic E-state index is 0.0470. The van der Waals surface area contributed by atoms with Crippen LogP contribution in [-0.2, 0) is 4.79 Å². The first-order valence-corrected chi connectivity index (χ1v) is 8.87. The monoisotopic (exact) mass is 329 g/mol. The smallest absolute Gasteiger partial charge is 0.256 e. The molecule has 2 heterocycles. The van der Waals surface area contributed by atoms with Crippen LogP contribution in [0.3, 0.4) is 0 Å². The van der Waals surface area contributed by atoms with Gasteiger partial charge in [0.15, 0.2) is 0 Å². The number of amides is 2. The summed E-state index contributed by atoms with van der Waals surface area (Å²) in [6.07, 6.45) is 2.03. The predicted octanol–water partition coefficient (Wildman–Crippen LogP) is 2.65. The lowest BCUT2D eigenvalue weighted by molar-refractivity contribution is -0.141. The largest absolute Gasteiger partial charge is 0.382 e. The van der Waals surface area contributed by atoms with E-state index in [1.54, 1.807) is 4.90 Å². The molecule has 2 fully saturated rings. The summed E-state index contributed by atoms with van der Waals surface area (Å²) in [4.78, 5) is 29.5. The molecule has 0 bridgehead atoms. The number of benzene rings is 1. The van der Waals surface area contributed by atoms with E-state index >= 15 is 0 Å². The fourth-order valence-corrected chi connectivity index (χ4v) is 3.76. The summed E-state index contributed by atoms with van der Waals surface area (Å²) in [5.74, 6) is 0.0392. The average Bonchev–Trinajstić information content (AvgIpc) is 3.00. The molecule has 0 unspecified atom stereocenters. The molecule has 2 aliphatic heterocycles. The van der Waals surface area contributed by atoms with Gasteiger partial charge in [-0.3, -0.25) is 9.59 Å². The Morgan fingerprint density at radius 1 is 1.33 bits per heavy atom. The molecule has 0 aliphatic carbocycles. The Morgan fingerprint density at radius 2 is 2.08 bits per heavy atom. The number of hydrogen-bond acceptors (Lipinski definition) is 3. The topological polar surface area (TPSA) is 52.7 Å². The number of carbonyl (C=O) groups excluding carboxylic acids is 2. The van der Waals surface area contributed by atoms with Crippen LogP contribution in [-0.4, -0.2) is 52.8 Å². The second-order valence-corrected chi connectivity index (χ2v) is 7.31. The van der Waals surface area contributed by atoms with Gasteiger partial charge in [-0.15, -0.1) is 0 Å². The lowest BCUT2D eigenvalue weighted by Crippen LogP contribution is -2.60. The number of hydrogen-bond donors (Lipinski definition) is 1. The van der Waals surface area contributed by atoms with Crippen LogP contribution >= 0.6 is 0 Å². The van der Waals surface area contributed by atoms with E-state index in [9.17, 15) is 9.59 Å². The molecule has 2 amide bonds. The van der Waals surface area contributed by atoms with Gasteiger partial charge in [0.2, 0.25) is 5.91 Å². The van der Waals surface area contributed by atoms with E-state index in [1.807, 2.05) is 36.9 Å². The second kappa shape index (κ2) is 6.46. The van der Waals surface area contributed by atoms with Crippen molar-refractivity contribution in [1.82, 2.24) is 9.80 Å². The maximum atomic E-state index is 13.2. The van der Waals surface area contributed by atoms with Crippen LogP contribution in [0.15, 0.2) is 18.2 Å². The summed E-state index contributed by atoms with van der Waals surface area (Å²) in [5.41, 5.74) is 2.55. The molecule has 2 aliphatic rings. The highest BCUT2D eigenvalue weighted by atomic mass is 16.2. The predicted molar refractivity (Wildman–Crippen MR) is 95.2 cm³/mol. The Bertz CT molecular complexity index is 656. The van der Waals surface area contributed by atoms with E-state index in [2.05, 4.69) is 19.2 Å². The molecule has 5 nitrogen and oxygen atoms in total. The zero-order valence-electron chi connectivity index (χ0n) is 15.0. The van der Waals surface area contributed by atoms with Gasteiger partial charge in [0.05, 0.1) is 5.56 Å². The van der Waals surface area contributed by atoms with Crippen molar-refractivity contribution in [3.8, 4) is 0 Å². The summed E-state index contributed by atoms with van der Waals surface area (Å²) in [6.45, 7) is 9.41. The highest BCUT2D eigenvalue weighted by Crippen LogP contribution is 2.28. The molecule has 130 valence electrons. The SMILES string of the molecule is Cc1ccc(NC(C)C)c(C(=O)N2C[C@@H]3CCCN3C(=O)[C@@H]2C)c1. The lowest BCUT2D eigenvalue weighted by Gasteiger charge is -2.41. The minimum atomic E-state index is -0.390. The summed E-state index contributed by atoms with van der Waals surface area (Å²) >= 11 is 0. The summed E-state index contributed by atoms with van der Waals surface area (Å²) in [5, 5.41) is 3.35. The van der Waals surface area contributed by atoms with Crippen LogP contribution in [0.25, 0.3) is 0 Å². The van der Waals surface area contributed by atoms with Crippen molar-refractivity contribution in [2.75, 3.05) is 18.4 Å². The van der Waals surface area contributed by atoms with Crippen molar-refractivity contribution in [2.45, 2.75) is 58.7 Å². The fourth-order valence-electron chi connectivity index (χ4n) is 3.76. The highest BCUT2D eigenvalue weighted by molar-refractivity contribution is 6.02. The van der Waals surface area contributed by atoms with Gasteiger partial charge in [0, 0.05) is 30.9 Å². The normalized spacial score (nSPS) is 23.6. The molecular formula is C19H27N3O2. The maximum absolute atomic E-state index is 13.2. The molecular weight excluding hydrogens is 302 g/mol. The molecule has 2 atom stereocenters. The van der Waals surface area contributed by atoms with Crippen LogP contribution in [0.5, 0.6) is 0 Å². The standard InChI is InChI=1S/C19H27N3O2/c1-12(2)20-17-8-7-13(3)10-16(17)19(24)22-11-15-6-5-9-21(15)18(23)14(22)4/h7-8,10,12,14-15,20H,5-6,9,11H2,1-4H3/t14-,15-/m0/s1. The van der Waals surface area contributed by atoms with Crippen molar-refractivity contribution in [3.05, 3.63) is 29.3 Å². The van der Waals surface area contributed by atoms with Crippen LogP contribution < -0.4 is 5.32 Å². The number of carbonyl (C=O) groups is 2. The maximum Gasteiger partial charge on any atom is 0.256 e. The van der Waals surface area contributed by atoms with E-state index in [4.69, 9.17) is 0 Å². The van der Waals surface area contributed by atoms with Crippen molar-refractivity contribution in [1.29, 1.82) is 0 Å². The first-order chi connectivity index (χ1) is 11.4. The zero-order chi connectivity index (χ0) is 17.4. The Labute approximate surface area is 144 Å². The van der Waals surface area contributed by atoms with Crippen LogP contribution in [0.2, 0.25) is 0 Å². The molecule has 1 N–H and O–H groups in total. The van der Waals surface area contributed by atoms with Gasteiger partial charge in [-0.05, 0) is 52.7 Å². The van der Waals surface area contributed by atoms with Crippen LogP contribution in [0.1, 0.15) is 49.5 Å². The third-order valence-corrected chi connectivity index (χ3v) is 5.00. The third-order valence-electron chi connectivity index (χ3n) is 5.00. The van der Waals surface area contributed by atoms with Crippen molar-refractivity contribution in [3.63, 3.8) is 0 Å². The first kappa shape index (κ1) is 16.8. The average molecular weight is 329 g/mol. The Balaban J connectivity index is 1.91. The fraction of sp³-hybridized carbons (Fsp3) is 0.579. The molecule has 3 rings (SSSR count). The van der Waals surface area contributed by atoms with E-state index in [0.717, 1.165) is 30.6 Å². The molecule has 0 aromatic heterocycles. The molecule has 0 saturated carbocycles. The van der Waals surface area contributed by atoms with Gasteiger partial charge >= 0.3 is 0 Å². The third kappa shape index (κ3) is 2.99. The van der Waals surface area contributed by atoms with Gasteiger partial charge in [-0.25, -0.2) is 0 Å². The number of piperazine rings is 1. The Kier molecular flexibility index (Phi) is 4.52. The van der Waals surface area contributed by atoms with Crippen molar-refractivity contribution >= 4 is 17.5 Å². The number of anilines is 1. The highest BCUT2D eigenvalue weighted by Gasteiger charge is 2.42. The van der Waals surface area contributed by atoms with Crippen molar-refractivity contribution < 1.29 is 9.59 Å². The van der Waals surface area contributed by atoms with E-state index in [-0.39, 0.29) is 29.9 Å². The molecule has 5 heteroatoms. The number of nitrogens with one attached hydrogen (secondary N) is 1. The molecule has 1 aromatic carbocycles. The molecule has 2 saturated heterocycles. The number of fused-ring (bicyclic) bond motifs is 1. The summed E-state index contributed by atoms with van der Waals surface area (Å²) < 4.78 is 0.